The molecule has 1 aliphatic rings. The highest BCUT2D eigenvalue weighted by molar-refractivity contribution is 7.80. The smallest absolute Gasteiger partial charge is 0.414 e. The number of thiocarbonyl (C=S) groups is 1. The van der Waals surface area contributed by atoms with Gasteiger partial charge in [-0.25, -0.2) is 4.79 Å². The van der Waals surface area contributed by atoms with Crippen molar-refractivity contribution in [3.8, 4) is 11.5 Å². The highest BCUT2D eigenvalue weighted by Crippen LogP contribution is 2.38. The number of carbonyl (C=O) groups is 1. The van der Waals surface area contributed by atoms with Crippen LogP contribution in [0.15, 0.2) is 23.0 Å². The Balaban J connectivity index is 1.83. The molecule has 1 amide bonds. The van der Waals surface area contributed by atoms with Gasteiger partial charge in [0.1, 0.15) is 6.10 Å². The molecule has 0 bridgehead atoms. The fourth-order valence-electron chi connectivity index (χ4n) is 2.26. The van der Waals surface area contributed by atoms with E-state index in [9.17, 15) is 4.79 Å². The highest BCUT2D eigenvalue weighted by Gasteiger charge is 2.33. The van der Waals surface area contributed by atoms with Crippen LogP contribution in [-0.4, -0.2) is 40.5 Å². The molecule has 0 aliphatic carbocycles. The summed E-state index contributed by atoms with van der Waals surface area (Å²) in [5.41, 5.74) is 6.26. The van der Waals surface area contributed by atoms with Crippen molar-refractivity contribution in [1.29, 1.82) is 0 Å². The SMILES string of the molecule is NC(=S)NCC1CN(c2cc(Cl)c(-c3ncno3)c(Cl)c2)C(=O)O1. The second-order valence-electron chi connectivity index (χ2n) is 4.89. The van der Waals surface area contributed by atoms with Gasteiger partial charge in [0.05, 0.1) is 34.4 Å². The lowest BCUT2D eigenvalue weighted by Gasteiger charge is -2.15. The summed E-state index contributed by atoms with van der Waals surface area (Å²) in [6.07, 6.45) is 0.335. The lowest BCUT2D eigenvalue weighted by molar-refractivity contribution is 0.143. The molecule has 0 saturated carbocycles. The maximum Gasteiger partial charge on any atom is 0.414 e. The van der Waals surface area contributed by atoms with Gasteiger partial charge in [-0.3, -0.25) is 4.90 Å². The Kier molecular flexibility index (Phi) is 4.74. The zero-order valence-corrected chi connectivity index (χ0v) is 14.4. The molecule has 3 rings (SSSR count). The van der Waals surface area contributed by atoms with Crippen molar-refractivity contribution < 1.29 is 14.1 Å². The first-order valence-corrected chi connectivity index (χ1v) is 7.89. The molecule has 0 spiro atoms. The third-order valence-electron chi connectivity index (χ3n) is 3.29. The number of ether oxygens (including phenoxy) is 1. The number of aromatic nitrogens is 2. The Labute approximate surface area is 151 Å². The van der Waals surface area contributed by atoms with Gasteiger partial charge in [0.25, 0.3) is 5.89 Å². The van der Waals surface area contributed by atoms with E-state index in [2.05, 4.69) is 15.5 Å². The van der Waals surface area contributed by atoms with Gasteiger partial charge in [-0.2, -0.15) is 4.98 Å². The van der Waals surface area contributed by atoms with Crippen LogP contribution in [0.2, 0.25) is 10.0 Å². The molecule has 2 heterocycles. The highest BCUT2D eigenvalue weighted by atomic mass is 35.5. The van der Waals surface area contributed by atoms with Crippen molar-refractivity contribution in [3.05, 3.63) is 28.5 Å². The number of hydrogen-bond acceptors (Lipinski definition) is 6. The summed E-state index contributed by atoms with van der Waals surface area (Å²) in [6.45, 7) is 0.625. The van der Waals surface area contributed by atoms with Gasteiger partial charge in [-0.15, -0.1) is 0 Å². The minimum atomic E-state index is -0.512. The number of nitrogens with one attached hydrogen (secondary N) is 1. The molecule has 11 heteroatoms. The summed E-state index contributed by atoms with van der Waals surface area (Å²) in [4.78, 5) is 17.4. The summed E-state index contributed by atoms with van der Waals surface area (Å²) >= 11 is 17.2. The molecule has 1 aliphatic heterocycles. The zero-order chi connectivity index (χ0) is 17.3. The van der Waals surface area contributed by atoms with Crippen LogP contribution in [0.1, 0.15) is 0 Å². The number of carbonyl (C=O) groups excluding carboxylic acids is 1. The van der Waals surface area contributed by atoms with E-state index in [4.69, 9.17) is 50.4 Å². The Morgan fingerprint density at radius 2 is 2.17 bits per heavy atom. The Bertz CT molecular complexity index is 763. The lowest BCUT2D eigenvalue weighted by atomic mass is 10.2. The third kappa shape index (κ3) is 3.37. The van der Waals surface area contributed by atoms with E-state index in [1.807, 2.05) is 0 Å². The molecule has 8 nitrogen and oxygen atoms in total. The number of hydrogen-bond donors (Lipinski definition) is 2. The van der Waals surface area contributed by atoms with Gasteiger partial charge >= 0.3 is 6.09 Å². The first kappa shape index (κ1) is 16.7. The molecule has 1 aromatic carbocycles. The topological polar surface area (TPSA) is 107 Å². The maximum absolute atomic E-state index is 12.1. The first-order valence-electron chi connectivity index (χ1n) is 6.73. The van der Waals surface area contributed by atoms with E-state index in [0.717, 1.165) is 0 Å². The second kappa shape index (κ2) is 6.80. The summed E-state index contributed by atoms with van der Waals surface area (Å²) < 4.78 is 10.2. The van der Waals surface area contributed by atoms with Crippen LogP contribution in [0.25, 0.3) is 11.5 Å². The first-order chi connectivity index (χ1) is 11.5. The van der Waals surface area contributed by atoms with Gasteiger partial charge in [0, 0.05) is 0 Å². The van der Waals surface area contributed by atoms with Crippen LogP contribution in [0.5, 0.6) is 0 Å². The van der Waals surface area contributed by atoms with Crippen LogP contribution in [0.3, 0.4) is 0 Å². The van der Waals surface area contributed by atoms with E-state index in [0.29, 0.717) is 24.3 Å². The zero-order valence-electron chi connectivity index (χ0n) is 12.0. The fraction of sp³-hybridized carbons (Fsp3) is 0.231. The molecule has 3 N–H and O–H groups in total. The number of cyclic esters (lactones) is 1. The molecule has 1 saturated heterocycles. The molecule has 1 aromatic heterocycles. The van der Waals surface area contributed by atoms with Crippen molar-refractivity contribution >= 4 is 52.3 Å². The monoisotopic (exact) mass is 387 g/mol. The normalized spacial score (nSPS) is 17.0. The number of nitrogens with zero attached hydrogens (tertiary/aromatic N) is 3. The molecule has 24 heavy (non-hydrogen) atoms. The Morgan fingerprint density at radius 3 is 2.75 bits per heavy atom. The number of halogens is 2. The van der Waals surface area contributed by atoms with Gasteiger partial charge < -0.3 is 20.3 Å². The molecule has 1 fully saturated rings. The Morgan fingerprint density at radius 1 is 1.46 bits per heavy atom. The van der Waals surface area contributed by atoms with Crippen LogP contribution >= 0.6 is 35.4 Å². The van der Waals surface area contributed by atoms with Gasteiger partial charge in [-0.05, 0) is 24.4 Å². The summed E-state index contributed by atoms with van der Waals surface area (Å²) in [6, 6.07) is 3.16. The van der Waals surface area contributed by atoms with E-state index in [-0.39, 0.29) is 21.0 Å². The van der Waals surface area contributed by atoms with E-state index in [1.165, 1.54) is 11.2 Å². The van der Waals surface area contributed by atoms with E-state index in [1.54, 1.807) is 12.1 Å². The molecular formula is C13H11Cl2N5O3S. The van der Waals surface area contributed by atoms with E-state index < -0.39 is 12.2 Å². The summed E-state index contributed by atoms with van der Waals surface area (Å²) in [5.74, 6) is 0.194. The average Bonchev–Trinajstić information content (AvgIpc) is 3.14. The third-order valence-corrected chi connectivity index (χ3v) is 4.03. The number of rotatable bonds is 4. The molecule has 2 aromatic rings. The predicted octanol–water partition coefficient (Wildman–Crippen LogP) is 2.20. The minimum Gasteiger partial charge on any atom is -0.442 e. The van der Waals surface area contributed by atoms with Crippen LogP contribution in [0.4, 0.5) is 10.5 Å². The number of anilines is 1. The van der Waals surface area contributed by atoms with Crippen LogP contribution in [0, 0.1) is 0 Å². The number of benzene rings is 1. The number of amides is 1. The standard InChI is InChI=1S/C13H11Cl2N5O3S/c14-8-1-6(2-9(15)10(8)11-18-5-19-23-11)20-4-7(22-13(20)21)3-17-12(16)24/h1-2,5,7H,3-4H2,(H3,16,17,24). The Hall–Kier alpha value is -2.10. The van der Waals surface area contributed by atoms with Crippen molar-refractivity contribution in [1.82, 2.24) is 15.5 Å². The van der Waals surface area contributed by atoms with Crippen LogP contribution in [-0.2, 0) is 4.74 Å². The van der Waals surface area contributed by atoms with Crippen molar-refractivity contribution in [2.75, 3.05) is 18.0 Å². The lowest BCUT2D eigenvalue weighted by Crippen LogP contribution is -2.37. The number of nitrogens with two attached hydrogens (primary N) is 1. The molecule has 1 atom stereocenters. The minimum absolute atomic E-state index is 0.138. The van der Waals surface area contributed by atoms with Gasteiger partial charge in [0.2, 0.25) is 0 Å². The fourth-order valence-corrected chi connectivity index (χ4v) is 2.98. The average molecular weight is 388 g/mol. The molecule has 0 radical (unpaired) electrons. The van der Waals surface area contributed by atoms with Crippen molar-refractivity contribution in [3.63, 3.8) is 0 Å². The largest absolute Gasteiger partial charge is 0.442 e. The van der Waals surface area contributed by atoms with Crippen LogP contribution < -0.4 is 16.0 Å². The van der Waals surface area contributed by atoms with Crippen molar-refractivity contribution in [2.45, 2.75) is 6.10 Å². The predicted molar refractivity (Wildman–Crippen MR) is 92.2 cm³/mol. The quantitative estimate of drug-likeness (QED) is 0.768. The van der Waals surface area contributed by atoms with Gasteiger partial charge in [0.15, 0.2) is 11.4 Å². The maximum atomic E-state index is 12.1. The summed E-state index contributed by atoms with van der Waals surface area (Å²) in [5, 5.41) is 6.97. The molecular weight excluding hydrogens is 377 g/mol. The molecule has 1 unspecified atom stereocenters. The van der Waals surface area contributed by atoms with E-state index >= 15 is 0 Å². The van der Waals surface area contributed by atoms with Gasteiger partial charge in [-0.1, -0.05) is 28.4 Å². The second-order valence-corrected chi connectivity index (χ2v) is 6.15. The molecule has 126 valence electrons. The summed E-state index contributed by atoms with van der Waals surface area (Å²) in [7, 11) is 0. The van der Waals surface area contributed by atoms with Crippen molar-refractivity contribution in [2.24, 2.45) is 5.73 Å².